The predicted molar refractivity (Wildman–Crippen MR) is 118 cm³/mol. The van der Waals surface area contributed by atoms with Crippen molar-refractivity contribution in [2.24, 2.45) is 0 Å². The minimum Gasteiger partial charge on any atom is -0.340 e. The van der Waals surface area contributed by atoms with E-state index in [4.69, 9.17) is 0 Å². The Morgan fingerprint density at radius 2 is 1.80 bits per heavy atom. The summed E-state index contributed by atoms with van der Waals surface area (Å²) < 4.78 is 1.90. The van der Waals surface area contributed by atoms with Crippen LogP contribution in [0.3, 0.4) is 0 Å². The van der Waals surface area contributed by atoms with Crippen LogP contribution in [-0.4, -0.2) is 37.8 Å². The molecule has 1 amide bonds. The van der Waals surface area contributed by atoms with Crippen LogP contribution < -0.4 is 0 Å². The topological polar surface area (TPSA) is 81.3 Å². The van der Waals surface area contributed by atoms with E-state index in [-0.39, 0.29) is 16.8 Å². The van der Waals surface area contributed by atoms with Gasteiger partial charge in [-0.2, -0.15) is 5.10 Å². The molecule has 30 heavy (non-hydrogen) atoms. The molecule has 0 aliphatic heterocycles. The minimum absolute atomic E-state index is 0.00962. The van der Waals surface area contributed by atoms with Gasteiger partial charge in [0.25, 0.3) is 5.69 Å². The van der Waals surface area contributed by atoms with Gasteiger partial charge >= 0.3 is 0 Å². The number of benzene rings is 2. The molecule has 156 valence electrons. The smallest absolute Gasteiger partial charge is 0.269 e. The maximum atomic E-state index is 12.9. The molecular weight excluding hydrogens is 400 g/mol. The minimum atomic E-state index is -0.433. The van der Waals surface area contributed by atoms with Crippen molar-refractivity contribution in [3.63, 3.8) is 0 Å². The number of aryl methyl sites for hydroxylation is 1. The molecular formula is C22H24N4O3S. The highest BCUT2D eigenvalue weighted by Gasteiger charge is 2.22. The number of nitro groups is 1. The van der Waals surface area contributed by atoms with Crippen LogP contribution in [0.5, 0.6) is 0 Å². The second-order valence-electron chi connectivity index (χ2n) is 7.10. The van der Waals surface area contributed by atoms with Crippen molar-refractivity contribution in [1.29, 1.82) is 0 Å². The van der Waals surface area contributed by atoms with Crippen LogP contribution in [0.4, 0.5) is 5.69 Å². The van der Waals surface area contributed by atoms with Crippen LogP contribution >= 0.6 is 11.8 Å². The van der Waals surface area contributed by atoms with Gasteiger partial charge in [0.05, 0.1) is 21.6 Å². The molecule has 0 N–H and O–H groups in total. The van der Waals surface area contributed by atoms with Crippen LogP contribution in [0.1, 0.15) is 23.9 Å². The summed E-state index contributed by atoms with van der Waals surface area (Å²) in [7, 11) is 1.79. The molecule has 3 rings (SSSR count). The van der Waals surface area contributed by atoms with Crippen LogP contribution in [0.25, 0.3) is 5.69 Å². The summed E-state index contributed by atoms with van der Waals surface area (Å²) >= 11 is 1.39. The molecule has 0 bridgehead atoms. The molecule has 0 aliphatic carbocycles. The van der Waals surface area contributed by atoms with E-state index in [2.05, 4.69) is 5.10 Å². The molecule has 0 fully saturated rings. The van der Waals surface area contributed by atoms with Gasteiger partial charge in [0.15, 0.2) is 0 Å². The molecule has 0 aliphatic rings. The number of thioether (sulfide) groups is 1. The fourth-order valence-electron chi connectivity index (χ4n) is 3.25. The van der Waals surface area contributed by atoms with Crippen LogP contribution in [0.2, 0.25) is 0 Å². The molecule has 1 aromatic heterocycles. The lowest BCUT2D eigenvalue weighted by molar-refractivity contribution is -0.384. The first-order chi connectivity index (χ1) is 14.3. The van der Waals surface area contributed by atoms with E-state index in [0.717, 1.165) is 27.5 Å². The quantitative estimate of drug-likeness (QED) is 0.316. The van der Waals surface area contributed by atoms with Gasteiger partial charge in [-0.25, -0.2) is 4.68 Å². The average molecular weight is 425 g/mol. The number of nitro benzene ring substituents is 1. The molecule has 8 heteroatoms. The number of amides is 1. The van der Waals surface area contributed by atoms with Crippen LogP contribution in [-0.2, 0) is 11.3 Å². The molecule has 2 aromatic carbocycles. The van der Waals surface area contributed by atoms with Gasteiger partial charge in [-0.3, -0.25) is 14.9 Å². The van der Waals surface area contributed by atoms with Gasteiger partial charge in [-0.1, -0.05) is 18.2 Å². The van der Waals surface area contributed by atoms with E-state index in [1.54, 1.807) is 24.1 Å². The third-order valence-electron chi connectivity index (χ3n) is 4.92. The Morgan fingerprint density at radius 3 is 2.40 bits per heavy atom. The zero-order valence-corrected chi connectivity index (χ0v) is 18.2. The predicted octanol–water partition coefficient (Wildman–Crippen LogP) is 4.54. The van der Waals surface area contributed by atoms with Gasteiger partial charge < -0.3 is 4.90 Å². The maximum absolute atomic E-state index is 12.9. The van der Waals surface area contributed by atoms with Crippen molar-refractivity contribution in [1.82, 2.24) is 14.7 Å². The lowest BCUT2D eigenvalue weighted by Crippen LogP contribution is -2.33. The molecule has 0 radical (unpaired) electrons. The number of nitrogens with zero attached hydrogens (tertiary/aromatic N) is 4. The Hall–Kier alpha value is -3.13. The summed E-state index contributed by atoms with van der Waals surface area (Å²) in [6.45, 7) is 6.28. The second-order valence-corrected chi connectivity index (χ2v) is 8.52. The van der Waals surface area contributed by atoms with Crippen molar-refractivity contribution in [3.8, 4) is 5.69 Å². The number of non-ortho nitro benzene ring substituents is 1. The van der Waals surface area contributed by atoms with E-state index < -0.39 is 4.92 Å². The second kappa shape index (κ2) is 9.13. The van der Waals surface area contributed by atoms with Gasteiger partial charge in [-0.15, -0.1) is 11.8 Å². The number of carbonyl (C=O) groups is 1. The molecule has 3 aromatic rings. The molecule has 0 spiro atoms. The van der Waals surface area contributed by atoms with Gasteiger partial charge in [0.1, 0.15) is 0 Å². The fourth-order valence-corrected chi connectivity index (χ4v) is 4.23. The van der Waals surface area contributed by atoms with Crippen LogP contribution in [0, 0.1) is 24.0 Å². The Balaban J connectivity index is 1.69. The van der Waals surface area contributed by atoms with E-state index in [9.17, 15) is 14.9 Å². The average Bonchev–Trinajstić information content (AvgIpc) is 3.02. The Morgan fingerprint density at radius 1 is 1.17 bits per heavy atom. The van der Waals surface area contributed by atoms with E-state index in [1.165, 1.54) is 23.9 Å². The van der Waals surface area contributed by atoms with Crippen molar-refractivity contribution in [2.75, 3.05) is 7.05 Å². The molecule has 1 heterocycles. The molecule has 1 atom stereocenters. The summed E-state index contributed by atoms with van der Waals surface area (Å²) in [5, 5.41) is 15.1. The van der Waals surface area contributed by atoms with Gasteiger partial charge in [-0.05, 0) is 45.0 Å². The number of carbonyl (C=O) groups excluding carboxylic acids is 1. The molecule has 0 saturated heterocycles. The van der Waals surface area contributed by atoms with E-state index >= 15 is 0 Å². The monoisotopic (exact) mass is 424 g/mol. The third kappa shape index (κ3) is 4.71. The van der Waals surface area contributed by atoms with Crippen molar-refractivity contribution in [3.05, 3.63) is 81.7 Å². The number of aromatic nitrogens is 2. The molecule has 0 unspecified atom stereocenters. The Bertz CT molecular complexity index is 1050. The first-order valence-corrected chi connectivity index (χ1v) is 10.4. The first-order valence-electron chi connectivity index (χ1n) is 9.54. The van der Waals surface area contributed by atoms with Gasteiger partial charge in [0, 0.05) is 41.9 Å². The van der Waals surface area contributed by atoms with Gasteiger partial charge in [0.2, 0.25) is 5.91 Å². The van der Waals surface area contributed by atoms with E-state index in [1.807, 2.05) is 55.8 Å². The third-order valence-corrected chi connectivity index (χ3v) is 6.02. The highest BCUT2D eigenvalue weighted by atomic mass is 32.2. The molecule has 0 saturated carbocycles. The summed E-state index contributed by atoms with van der Waals surface area (Å²) in [4.78, 5) is 25.8. The van der Waals surface area contributed by atoms with E-state index in [0.29, 0.717) is 6.54 Å². The first kappa shape index (κ1) is 21.6. The lowest BCUT2D eigenvalue weighted by Gasteiger charge is -2.21. The SMILES string of the molecule is Cc1nn(-c2ccccc2)c(C)c1CN(C)C(=O)[C@H](C)Sc1ccc([N+](=O)[O-])cc1. The zero-order valence-electron chi connectivity index (χ0n) is 17.4. The number of para-hydroxylation sites is 1. The highest BCUT2D eigenvalue weighted by Crippen LogP contribution is 2.27. The fraction of sp³-hybridized carbons (Fsp3) is 0.273. The summed E-state index contributed by atoms with van der Waals surface area (Å²) in [6.07, 6.45) is 0. The maximum Gasteiger partial charge on any atom is 0.269 e. The summed E-state index contributed by atoms with van der Waals surface area (Å²) in [5.74, 6) is -0.00962. The highest BCUT2D eigenvalue weighted by molar-refractivity contribution is 8.00. The summed E-state index contributed by atoms with van der Waals surface area (Å²) in [6, 6.07) is 16.2. The Labute approximate surface area is 179 Å². The normalized spacial score (nSPS) is 11.9. The van der Waals surface area contributed by atoms with Crippen molar-refractivity contribution < 1.29 is 9.72 Å². The zero-order chi connectivity index (χ0) is 21.8. The van der Waals surface area contributed by atoms with Crippen molar-refractivity contribution in [2.45, 2.75) is 37.5 Å². The largest absolute Gasteiger partial charge is 0.340 e. The lowest BCUT2D eigenvalue weighted by atomic mass is 10.2. The Kier molecular flexibility index (Phi) is 6.56. The molecule has 7 nitrogen and oxygen atoms in total. The number of hydrogen-bond acceptors (Lipinski definition) is 5. The summed E-state index contributed by atoms with van der Waals surface area (Å²) in [5.41, 5.74) is 3.96. The van der Waals surface area contributed by atoms with Crippen LogP contribution in [0.15, 0.2) is 59.5 Å². The number of rotatable bonds is 7. The van der Waals surface area contributed by atoms with Crippen molar-refractivity contribution >= 4 is 23.4 Å². The standard InChI is InChI=1S/C22H24N4O3S/c1-15-21(16(2)25(23-15)18-8-6-5-7-9-18)14-24(4)22(27)17(3)30-20-12-10-19(11-13-20)26(28)29/h5-13,17H,14H2,1-4H3/t17-/m0/s1. The number of hydrogen-bond donors (Lipinski definition) is 0.